The van der Waals surface area contributed by atoms with E-state index < -0.39 is 61.5 Å². The molecule has 1 unspecified atom stereocenters. The summed E-state index contributed by atoms with van der Waals surface area (Å²) < 4.78 is 109. The topological polar surface area (TPSA) is 76.6 Å². The van der Waals surface area contributed by atoms with Crippen LogP contribution in [0, 0.1) is 0 Å². The van der Waals surface area contributed by atoms with Gasteiger partial charge in [0.15, 0.2) is 15.9 Å². The van der Waals surface area contributed by atoms with Gasteiger partial charge in [-0.2, -0.15) is 26.3 Å². The molecule has 3 atom stereocenters. The Morgan fingerprint density at radius 3 is 2.31 bits per heavy atom. The Morgan fingerprint density at radius 2 is 1.69 bits per heavy atom. The second-order valence-electron chi connectivity index (χ2n) is 8.48. The number of nitrogens with zero attached hydrogens (tertiary/aromatic N) is 2. The highest BCUT2D eigenvalue weighted by molar-refractivity contribution is 7.92. The average molecular weight is 522 g/mol. The molecule has 1 aromatic carbocycles. The molecule has 1 amide bonds. The van der Waals surface area contributed by atoms with Crippen LogP contribution >= 0.6 is 0 Å². The number of amides is 1. The molecule has 4 rings (SSSR count). The van der Waals surface area contributed by atoms with E-state index in [1.165, 1.54) is 4.90 Å². The molecule has 0 bridgehead atoms. The number of hydrogen-bond donors (Lipinski definition) is 0. The number of pyridine rings is 1. The van der Waals surface area contributed by atoms with Crippen LogP contribution in [-0.2, 0) is 27.0 Å². The van der Waals surface area contributed by atoms with E-state index in [0.29, 0.717) is 18.7 Å². The lowest BCUT2D eigenvalue weighted by atomic mass is 10.1. The molecule has 3 heterocycles. The number of benzene rings is 1. The van der Waals surface area contributed by atoms with Gasteiger partial charge < -0.3 is 9.64 Å². The summed E-state index contributed by atoms with van der Waals surface area (Å²) in [6, 6.07) is 4.79. The molecular weight excluding hydrogens is 502 g/mol. The average Bonchev–Trinajstić information content (AvgIpc) is 2.94. The van der Waals surface area contributed by atoms with Crippen molar-refractivity contribution < 1.29 is 44.3 Å². The number of rotatable bonds is 4. The molecule has 2 saturated heterocycles. The summed E-state index contributed by atoms with van der Waals surface area (Å²) in [4.78, 5) is 17.5. The Morgan fingerprint density at radius 1 is 0.971 bits per heavy atom. The molecule has 0 radical (unpaired) electrons. The van der Waals surface area contributed by atoms with Crippen LogP contribution in [0.1, 0.15) is 36.8 Å². The maximum absolute atomic E-state index is 13.2. The van der Waals surface area contributed by atoms with Gasteiger partial charge in [0.25, 0.3) is 5.91 Å². The Bertz CT molecular complexity index is 1200. The smallest absolute Gasteiger partial charge is 0.417 e. The summed E-state index contributed by atoms with van der Waals surface area (Å²) in [6.07, 6.45) is -9.17. The van der Waals surface area contributed by atoms with Gasteiger partial charge in [-0.3, -0.25) is 4.79 Å². The minimum atomic E-state index is -4.69. The van der Waals surface area contributed by atoms with Gasteiger partial charge in [-0.1, -0.05) is 6.07 Å². The summed E-state index contributed by atoms with van der Waals surface area (Å²) in [6.45, 7) is 0.235. The van der Waals surface area contributed by atoms with E-state index in [4.69, 9.17) is 4.74 Å². The summed E-state index contributed by atoms with van der Waals surface area (Å²) in [5.41, 5.74) is -2.04. The fourth-order valence-corrected chi connectivity index (χ4v) is 6.35. The highest BCUT2D eigenvalue weighted by atomic mass is 32.2. The SMILES string of the molecule is O=C1[C@H](Oc2ccc(C(F)(F)F)cn2)C[C@H]2CC(S(=O)(=O)c3cccc(C(F)(F)F)c3)CCCN12. The number of fused-ring (bicyclic) bond motifs is 1. The van der Waals surface area contributed by atoms with Gasteiger partial charge in [0.2, 0.25) is 5.88 Å². The van der Waals surface area contributed by atoms with Gasteiger partial charge in [0.1, 0.15) is 0 Å². The van der Waals surface area contributed by atoms with E-state index in [-0.39, 0.29) is 31.7 Å². The zero-order valence-corrected chi connectivity index (χ0v) is 18.8. The fourth-order valence-electron chi connectivity index (χ4n) is 4.45. The van der Waals surface area contributed by atoms with Crippen molar-refractivity contribution >= 4 is 15.7 Å². The lowest BCUT2D eigenvalue weighted by Crippen LogP contribution is -2.36. The molecule has 1 aromatic heterocycles. The summed E-state index contributed by atoms with van der Waals surface area (Å²) in [7, 11) is -4.12. The van der Waals surface area contributed by atoms with Crippen LogP contribution in [0.3, 0.4) is 0 Å². The molecule has 2 aliphatic rings. The monoisotopic (exact) mass is 522 g/mol. The van der Waals surface area contributed by atoms with E-state index in [0.717, 1.165) is 30.3 Å². The van der Waals surface area contributed by atoms with E-state index >= 15 is 0 Å². The van der Waals surface area contributed by atoms with Crippen molar-refractivity contribution in [3.05, 3.63) is 53.7 Å². The van der Waals surface area contributed by atoms with Crippen LogP contribution in [0.4, 0.5) is 26.3 Å². The maximum Gasteiger partial charge on any atom is 0.417 e. The quantitative estimate of drug-likeness (QED) is 0.553. The number of aromatic nitrogens is 1. The first-order chi connectivity index (χ1) is 16.3. The first kappa shape index (κ1) is 25.3. The molecule has 6 nitrogen and oxygen atoms in total. The van der Waals surface area contributed by atoms with E-state index in [2.05, 4.69) is 4.98 Å². The lowest BCUT2D eigenvalue weighted by molar-refractivity contribution is -0.138. The van der Waals surface area contributed by atoms with Gasteiger partial charge in [0.05, 0.1) is 21.3 Å². The van der Waals surface area contributed by atoms with Crippen LogP contribution in [0.5, 0.6) is 5.88 Å². The number of alkyl halides is 6. The highest BCUT2D eigenvalue weighted by Gasteiger charge is 2.45. The van der Waals surface area contributed by atoms with Crippen LogP contribution in [-0.4, -0.2) is 48.1 Å². The second-order valence-corrected chi connectivity index (χ2v) is 10.7. The van der Waals surface area contributed by atoms with Gasteiger partial charge in [-0.15, -0.1) is 0 Å². The summed E-state index contributed by atoms with van der Waals surface area (Å²) in [5, 5.41) is -1.00. The Balaban J connectivity index is 1.50. The third-order valence-corrected chi connectivity index (χ3v) is 8.42. The van der Waals surface area contributed by atoms with Gasteiger partial charge >= 0.3 is 12.4 Å². The van der Waals surface area contributed by atoms with Crippen LogP contribution < -0.4 is 4.74 Å². The molecule has 2 aliphatic heterocycles. The third-order valence-electron chi connectivity index (χ3n) is 6.20. The zero-order valence-electron chi connectivity index (χ0n) is 18.0. The number of carbonyl (C=O) groups is 1. The Hall–Kier alpha value is -2.83. The summed E-state index contributed by atoms with van der Waals surface area (Å²) in [5.74, 6) is -0.615. The van der Waals surface area contributed by atoms with Crippen molar-refractivity contribution in [3.63, 3.8) is 0 Å². The predicted molar refractivity (Wildman–Crippen MR) is 110 cm³/mol. The normalized spacial score (nSPS) is 23.7. The van der Waals surface area contributed by atoms with Crippen LogP contribution in [0.15, 0.2) is 47.5 Å². The number of hydrogen-bond acceptors (Lipinski definition) is 5. The number of ether oxygens (including phenoxy) is 1. The number of sulfone groups is 1. The van der Waals surface area contributed by atoms with Crippen LogP contribution in [0.25, 0.3) is 0 Å². The largest absolute Gasteiger partial charge is 0.464 e. The molecule has 0 aliphatic carbocycles. The molecule has 0 saturated carbocycles. The fraction of sp³-hybridized carbons (Fsp3) is 0.455. The molecule has 2 aromatic rings. The Kier molecular flexibility index (Phi) is 6.49. The highest BCUT2D eigenvalue weighted by Crippen LogP contribution is 2.36. The van der Waals surface area contributed by atoms with E-state index in [9.17, 15) is 39.6 Å². The zero-order chi connectivity index (χ0) is 25.6. The molecule has 13 heteroatoms. The lowest BCUT2D eigenvalue weighted by Gasteiger charge is -2.23. The van der Waals surface area contributed by atoms with Crippen molar-refractivity contribution in [2.45, 2.75) is 60.3 Å². The van der Waals surface area contributed by atoms with Gasteiger partial charge in [-0.25, -0.2) is 13.4 Å². The molecule has 35 heavy (non-hydrogen) atoms. The van der Waals surface area contributed by atoms with E-state index in [1.807, 2.05) is 0 Å². The molecular formula is C22H20F6N2O4S. The molecule has 190 valence electrons. The van der Waals surface area contributed by atoms with E-state index in [1.54, 1.807) is 0 Å². The van der Waals surface area contributed by atoms with Gasteiger partial charge in [0, 0.05) is 31.3 Å². The minimum absolute atomic E-state index is 0.00458. The molecule has 0 N–H and O–H groups in total. The predicted octanol–water partition coefficient (Wildman–Crippen LogP) is 4.49. The third kappa shape index (κ3) is 5.24. The van der Waals surface area contributed by atoms with Crippen molar-refractivity contribution in [1.29, 1.82) is 0 Å². The van der Waals surface area contributed by atoms with Crippen molar-refractivity contribution in [2.75, 3.05) is 6.54 Å². The molecule has 0 spiro atoms. The first-order valence-electron chi connectivity index (χ1n) is 10.7. The van der Waals surface area contributed by atoms with Crippen LogP contribution in [0.2, 0.25) is 0 Å². The number of carbonyl (C=O) groups excluding carboxylic acids is 1. The summed E-state index contributed by atoms with van der Waals surface area (Å²) >= 11 is 0. The van der Waals surface area contributed by atoms with Gasteiger partial charge in [-0.05, 0) is 43.5 Å². The van der Waals surface area contributed by atoms with Crippen molar-refractivity contribution in [3.8, 4) is 5.88 Å². The number of halogens is 6. The Labute approximate surface area is 196 Å². The maximum atomic E-state index is 13.2. The first-order valence-corrected chi connectivity index (χ1v) is 12.2. The standard InChI is InChI=1S/C22H20F6N2O4S/c23-21(24,25)13-3-1-4-16(9-13)35(32,33)17-5-2-8-30-15(10-17)11-18(20(30)31)34-19-7-6-14(12-29-19)22(26,27)28/h1,3-4,6-7,9,12,15,17-18H,2,5,8,10-11H2/t15-,17?,18-/m1/s1. The van der Waals surface area contributed by atoms with Crippen molar-refractivity contribution in [1.82, 2.24) is 9.88 Å². The van der Waals surface area contributed by atoms with Crippen molar-refractivity contribution in [2.24, 2.45) is 0 Å². The second kappa shape index (κ2) is 8.99. The molecule has 2 fully saturated rings. The minimum Gasteiger partial charge on any atom is -0.464 e.